The maximum Gasteiger partial charge on any atom is 0.339 e. The van der Waals surface area contributed by atoms with Crippen molar-refractivity contribution in [2.75, 3.05) is 26.3 Å². The second-order valence-corrected chi connectivity index (χ2v) is 10.9. The lowest BCUT2D eigenvalue weighted by molar-refractivity contribution is 0.00664. The maximum absolute atomic E-state index is 13.3. The number of likely N-dealkylation sites (tertiary alicyclic amines) is 1. The fourth-order valence-corrected chi connectivity index (χ4v) is 5.49. The van der Waals surface area contributed by atoms with Crippen LogP contribution in [0, 0.1) is 0 Å². The third kappa shape index (κ3) is 5.23. The summed E-state index contributed by atoms with van der Waals surface area (Å²) in [5.41, 5.74) is 2.01. The SMILES string of the molecule is CC(C)(C)OC(=O)c1ccccc1C(=O)N1CCC(c2nc(-c3ccc4c(c3)OCCO4)cs2)CC1. The Bertz CT molecular complexity index is 1270. The first-order chi connectivity index (χ1) is 17.3. The molecule has 8 heteroatoms. The van der Waals surface area contributed by atoms with Crippen molar-refractivity contribution < 1.29 is 23.8 Å². The molecule has 5 rings (SSSR count). The van der Waals surface area contributed by atoms with Crippen LogP contribution in [-0.4, -0.2) is 53.7 Å². The summed E-state index contributed by atoms with van der Waals surface area (Å²) in [6, 6.07) is 12.8. The molecule has 0 unspecified atom stereocenters. The fraction of sp³-hybridized carbons (Fsp3) is 0.393. The van der Waals surface area contributed by atoms with Crippen molar-refractivity contribution in [3.8, 4) is 22.8 Å². The van der Waals surface area contributed by atoms with Crippen LogP contribution < -0.4 is 9.47 Å². The molecule has 1 saturated heterocycles. The predicted octanol–water partition coefficient (Wildman–Crippen LogP) is 5.56. The molecular weight excluding hydrogens is 476 g/mol. The molecule has 3 aromatic rings. The number of aromatic nitrogens is 1. The molecule has 0 bridgehead atoms. The first-order valence-electron chi connectivity index (χ1n) is 12.3. The summed E-state index contributed by atoms with van der Waals surface area (Å²) in [4.78, 5) is 32.8. The summed E-state index contributed by atoms with van der Waals surface area (Å²) in [5.74, 6) is 1.21. The molecule has 0 aliphatic carbocycles. The maximum atomic E-state index is 13.3. The number of nitrogens with zero attached hydrogens (tertiary/aromatic N) is 2. The van der Waals surface area contributed by atoms with Crippen LogP contribution in [0.5, 0.6) is 11.5 Å². The molecule has 2 aromatic carbocycles. The Morgan fingerprint density at radius 1 is 1.00 bits per heavy atom. The summed E-state index contributed by atoms with van der Waals surface area (Å²) in [5, 5.41) is 3.16. The van der Waals surface area contributed by atoms with E-state index >= 15 is 0 Å². The van der Waals surface area contributed by atoms with Crippen LogP contribution in [0.25, 0.3) is 11.3 Å². The monoisotopic (exact) mass is 506 g/mol. The molecule has 0 atom stereocenters. The summed E-state index contributed by atoms with van der Waals surface area (Å²) in [6.45, 7) is 7.81. The number of hydrogen-bond donors (Lipinski definition) is 0. The highest BCUT2D eigenvalue weighted by molar-refractivity contribution is 7.10. The van der Waals surface area contributed by atoms with Crippen LogP contribution in [0.15, 0.2) is 47.8 Å². The molecule has 0 radical (unpaired) electrons. The molecule has 0 saturated carbocycles. The lowest BCUT2D eigenvalue weighted by Gasteiger charge is -2.31. The summed E-state index contributed by atoms with van der Waals surface area (Å²) in [7, 11) is 0. The van der Waals surface area contributed by atoms with E-state index in [1.807, 2.05) is 43.9 Å². The highest BCUT2D eigenvalue weighted by Gasteiger charge is 2.29. The van der Waals surface area contributed by atoms with Crippen molar-refractivity contribution >= 4 is 23.2 Å². The number of rotatable bonds is 4. The first kappa shape index (κ1) is 24.3. The highest BCUT2D eigenvalue weighted by atomic mass is 32.1. The van der Waals surface area contributed by atoms with E-state index in [1.54, 1.807) is 35.6 Å². The quantitative estimate of drug-likeness (QED) is 0.432. The van der Waals surface area contributed by atoms with Gasteiger partial charge in [0.25, 0.3) is 5.91 Å². The average Bonchev–Trinajstić information content (AvgIpc) is 3.37. The number of carbonyl (C=O) groups excluding carboxylic acids is 2. The largest absolute Gasteiger partial charge is 0.486 e. The van der Waals surface area contributed by atoms with Crippen LogP contribution in [0.4, 0.5) is 0 Å². The third-order valence-corrected chi connectivity index (χ3v) is 7.27. The number of thiazole rings is 1. The van der Waals surface area contributed by atoms with Gasteiger partial charge in [0.2, 0.25) is 0 Å². The molecule has 7 nitrogen and oxygen atoms in total. The Hall–Kier alpha value is -3.39. The van der Waals surface area contributed by atoms with Gasteiger partial charge >= 0.3 is 5.97 Å². The summed E-state index contributed by atoms with van der Waals surface area (Å²) < 4.78 is 16.8. The lowest BCUT2D eigenvalue weighted by atomic mass is 9.96. The van der Waals surface area contributed by atoms with Crippen molar-refractivity contribution in [3.05, 3.63) is 64.0 Å². The average molecular weight is 507 g/mol. The van der Waals surface area contributed by atoms with Crippen molar-refractivity contribution in [1.29, 1.82) is 0 Å². The third-order valence-electron chi connectivity index (χ3n) is 6.27. The molecule has 3 heterocycles. The Morgan fingerprint density at radius 3 is 2.42 bits per heavy atom. The fourth-order valence-electron chi connectivity index (χ4n) is 4.49. The second-order valence-electron chi connectivity index (χ2n) is 10.0. The zero-order valence-corrected chi connectivity index (χ0v) is 21.6. The molecule has 2 aliphatic rings. The topological polar surface area (TPSA) is 78.0 Å². The zero-order valence-electron chi connectivity index (χ0n) is 20.8. The minimum Gasteiger partial charge on any atom is -0.486 e. The molecule has 1 aromatic heterocycles. The van der Waals surface area contributed by atoms with E-state index in [0.29, 0.717) is 43.3 Å². The molecule has 1 amide bonds. The Kier molecular flexibility index (Phi) is 6.71. The second kappa shape index (κ2) is 9.93. The lowest BCUT2D eigenvalue weighted by Crippen LogP contribution is -2.38. The number of hydrogen-bond acceptors (Lipinski definition) is 7. The van der Waals surface area contributed by atoms with Gasteiger partial charge in [0.1, 0.15) is 18.8 Å². The minimum absolute atomic E-state index is 0.133. The molecule has 36 heavy (non-hydrogen) atoms. The van der Waals surface area contributed by atoms with Gasteiger partial charge < -0.3 is 19.1 Å². The number of fused-ring (bicyclic) bond motifs is 1. The van der Waals surface area contributed by atoms with Crippen molar-refractivity contribution in [3.63, 3.8) is 0 Å². The number of carbonyl (C=O) groups is 2. The molecule has 1 fully saturated rings. The van der Waals surface area contributed by atoms with E-state index in [1.165, 1.54) is 0 Å². The van der Waals surface area contributed by atoms with Gasteiger partial charge in [-0.1, -0.05) is 12.1 Å². The highest BCUT2D eigenvalue weighted by Crippen LogP contribution is 2.37. The van der Waals surface area contributed by atoms with Gasteiger partial charge in [0.15, 0.2) is 11.5 Å². The predicted molar refractivity (Wildman–Crippen MR) is 138 cm³/mol. The van der Waals surface area contributed by atoms with E-state index in [2.05, 4.69) is 5.38 Å². The van der Waals surface area contributed by atoms with E-state index in [-0.39, 0.29) is 5.91 Å². The Balaban J connectivity index is 1.24. The van der Waals surface area contributed by atoms with E-state index in [9.17, 15) is 9.59 Å². The van der Waals surface area contributed by atoms with Gasteiger partial charge in [-0.15, -0.1) is 11.3 Å². The normalized spacial score (nSPS) is 16.0. The number of ether oxygens (including phenoxy) is 3. The van der Waals surface area contributed by atoms with Gasteiger partial charge in [0, 0.05) is 30.0 Å². The van der Waals surface area contributed by atoms with Gasteiger partial charge in [-0.25, -0.2) is 9.78 Å². The number of piperidine rings is 1. The zero-order chi connectivity index (χ0) is 25.3. The molecule has 2 aliphatic heterocycles. The molecular formula is C28H30N2O5S. The van der Waals surface area contributed by atoms with Crippen LogP contribution in [0.2, 0.25) is 0 Å². The van der Waals surface area contributed by atoms with Crippen molar-refractivity contribution in [2.24, 2.45) is 0 Å². The molecule has 0 N–H and O–H groups in total. The Morgan fingerprint density at radius 2 is 1.69 bits per heavy atom. The van der Waals surface area contributed by atoms with Gasteiger partial charge in [-0.2, -0.15) is 0 Å². The number of benzene rings is 2. The first-order valence-corrected chi connectivity index (χ1v) is 13.1. The van der Waals surface area contributed by atoms with Gasteiger partial charge in [-0.05, 0) is 63.9 Å². The van der Waals surface area contributed by atoms with Crippen molar-refractivity contribution in [1.82, 2.24) is 9.88 Å². The summed E-state index contributed by atoms with van der Waals surface area (Å²) >= 11 is 1.66. The summed E-state index contributed by atoms with van der Waals surface area (Å²) in [6.07, 6.45) is 1.66. The van der Waals surface area contributed by atoms with Crippen LogP contribution in [0.1, 0.15) is 65.3 Å². The van der Waals surface area contributed by atoms with E-state index < -0.39 is 11.6 Å². The standard InChI is InChI=1S/C28H30N2O5S/c1-28(2,3)35-27(32)21-7-5-4-6-20(21)26(31)30-12-10-18(11-13-30)25-29-22(17-36-25)19-8-9-23-24(16-19)34-15-14-33-23/h4-9,16-18H,10-15H2,1-3H3. The molecule has 0 spiro atoms. The number of esters is 1. The molecule has 188 valence electrons. The van der Waals surface area contributed by atoms with E-state index in [4.69, 9.17) is 19.2 Å². The van der Waals surface area contributed by atoms with Crippen molar-refractivity contribution in [2.45, 2.75) is 45.1 Å². The van der Waals surface area contributed by atoms with Crippen LogP contribution in [-0.2, 0) is 4.74 Å². The number of amides is 1. The van der Waals surface area contributed by atoms with Crippen LogP contribution in [0.3, 0.4) is 0 Å². The van der Waals surface area contributed by atoms with Crippen LogP contribution >= 0.6 is 11.3 Å². The Labute approximate surface area is 215 Å². The smallest absolute Gasteiger partial charge is 0.339 e. The minimum atomic E-state index is -0.627. The van der Waals surface area contributed by atoms with Gasteiger partial charge in [0.05, 0.1) is 21.8 Å². The van der Waals surface area contributed by atoms with Gasteiger partial charge in [-0.3, -0.25) is 4.79 Å². The van der Waals surface area contributed by atoms with E-state index in [0.717, 1.165) is 40.6 Å².